The lowest BCUT2D eigenvalue weighted by atomic mass is 9.98. The molecule has 2 amide bonds. The summed E-state index contributed by atoms with van der Waals surface area (Å²) in [6.45, 7) is 1.74. The number of para-hydroxylation sites is 1. The number of amides is 2. The van der Waals surface area contributed by atoms with E-state index in [1.165, 1.54) is 16.7 Å². The molecule has 1 aliphatic heterocycles. The lowest BCUT2D eigenvalue weighted by molar-refractivity contribution is -0.137. The number of rotatable bonds is 3. The van der Waals surface area contributed by atoms with E-state index in [1.54, 1.807) is 55.5 Å². The fourth-order valence-corrected chi connectivity index (χ4v) is 4.01. The number of anilines is 1. The van der Waals surface area contributed by atoms with Crippen LogP contribution in [-0.4, -0.2) is 16.4 Å². The van der Waals surface area contributed by atoms with Crippen LogP contribution in [0.15, 0.2) is 72.8 Å². The number of halogens is 3. The average Bonchev–Trinajstić information content (AvgIpc) is 3.21. The van der Waals surface area contributed by atoms with Crippen molar-refractivity contribution in [3.63, 3.8) is 0 Å². The third-order valence-corrected chi connectivity index (χ3v) is 5.77. The highest BCUT2D eigenvalue weighted by atomic mass is 19.4. The molecule has 0 spiro atoms. The molecule has 1 unspecified atom stereocenters. The maximum atomic E-state index is 13.3. The van der Waals surface area contributed by atoms with Gasteiger partial charge in [-0.3, -0.25) is 9.59 Å². The summed E-state index contributed by atoms with van der Waals surface area (Å²) in [4.78, 5) is 30.3. The summed E-state index contributed by atoms with van der Waals surface area (Å²) in [5, 5.41) is 3.48. The summed E-state index contributed by atoms with van der Waals surface area (Å²) in [7, 11) is 0. The van der Waals surface area contributed by atoms with Crippen LogP contribution in [0.25, 0.3) is 16.6 Å². The average molecular weight is 465 g/mol. The molecule has 0 fully saturated rings. The molecule has 172 valence electrons. The van der Waals surface area contributed by atoms with E-state index in [9.17, 15) is 22.8 Å². The Hall–Kier alpha value is -4.27. The summed E-state index contributed by atoms with van der Waals surface area (Å²) in [6, 6.07) is 18.4. The third kappa shape index (κ3) is 3.75. The van der Waals surface area contributed by atoms with Crippen molar-refractivity contribution >= 4 is 28.4 Å². The van der Waals surface area contributed by atoms with Gasteiger partial charge in [0.05, 0.1) is 17.0 Å². The van der Waals surface area contributed by atoms with Gasteiger partial charge in [-0.1, -0.05) is 30.3 Å². The Morgan fingerprint density at radius 2 is 1.82 bits per heavy atom. The first-order chi connectivity index (χ1) is 16.2. The molecule has 0 bridgehead atoms. The number of benzene rings is 3. The van der Waals surface area contributed by atoms with Crippen LogP contribution in [0.1, 0.15) is 34.5 Å². The highest BCUT2D eigenvalue weighted by Gasteiger charge is 2.31. The number of alkyl halides is 3. The van der Waals surface area contributed by atoms with Crippen LogP contribution >= 0.6 is 0 Å². The Kier molecular flexibility index (Phi) is 5.04. The van der Waals surface area contributed by atoms with Gasteiger partial charge in [0.1, 0.15) is 5.69 Å². The van der Waals surface area contributed by atoms with Gasteiger partial charge in [0, 0.05) is 28.4 Å². The Morgan fingerprint density at radius 3 is 2.62 bits per heavy atom. The van der Waals surface area contributed by atoms with Crippen molar-refractivity contribution in [1.82, 2.24) is 10.0 Å². The lowest BCUT2D eigenvalue weighted by Gasteiger charge is -2.22. The molecule has 2 N–H and O–H groups in total. The molecule has 1 aromatic heterocycles. The van der Waals surface area contributed by atoms with Crippen LogP contribution in [0.2, 0.25) is 0 Å². The molecular formula is C25H18F3N3O3. The zero-order valence-corrected chi connectivity index (χ0v) is 17.8. The molecule has 34 heavy (non-hydrogen) atoms. The number of hydrogen-bond acceptors (Lipinski definition) is 3. The van der Waals surface area contributed by atoms with Gasteiger partial charge in [0.25, 0.3) is 11.8 Å². The molecular weight excluding hydrogens is 447 g/mol. The molecule has 1 atom stereocenters. The maximum Gasteiger partial charge on any atom is 0.416 e. The Balaban J connectivity index is 1.55. The van der Waals surface area contributed by atoms with Crippen LogP contribution in [0.4, 0.5) is 18.9 Å². The smallest absolute Gasteiger partial charge is 0.379 e. The van der Waals surface area contributed by atoms with Gasteiger partial charge < -0.3 is 14.7 Å². The van der Waals surface area contributed by atoms with Crippen LogP contribution < -0.4 is 15.6 Å². The van der Waals surface area contributed by atoms with Gasteiger partial charge in [-0.2, -0.15) is 18.7 Å². The van der Waals surface area contributed by atoms with Crippen molar-refractivity contribution in [3.05, 3.63) is 89.6 Å². The summed E-state index contributed by atoms with van der Waals surface area (Å²) in [5.74, 6) is -0.781. The van der Waals surface area contributed by atoms with E-state index in [2.05, 4.69) is 10.8 Å². The third-order valence-electron chi connectivity index (χ3n) is 5.77. The number of hydroxylamine groups is 1. The van der Waals surface area contributed by atoms with Crippen LogP contribution in [-0.2, 0) is 11.0 Å². The van der Waals surface area contributed by atoms with E-state index in [4.69, 9.17) is 4.84 Å². The van der Waals surface area contributed by atoms with E-state index < -0.39 is 23.6 Å². The molecule has 0 saturated carbocycles. The minimum Gasteiger partial charge on any atom is -0.379 e. The van der Waals surface area contributed by atoms with Gasteiger partial charge in [0.15, 0.2) is 5.75 Å². The van der Waals surface area contributed by atoms with E-state index >= 15 is 0 Å². The number of carbonyl (C=O) groups is 2. The first kappa shape index (κ1) is 21.6. The zero-order valence-electron chi connectivity index (χ0n) is 17.8. The van der Waals surface area contributed by atoms with E-state index in [0.29, 0.717) is 27.9 Å². The second-order valence-corrected chi connectivity index (χ2v) is 7.97. The molecule has 2 heterocycles. The lowest BCUT2D eigenvalue weighted by Crippen LogP contribution is -2.35. The minimum atomic E-state index is -4.52. The summed E-state index contributed by atoms with van der Waals surface area (Å²) in [5.41, 5.74) is 3.58. The van der Waals surface area contributed by atoms with Gasteiger partial charge in [-0.25, -0.2) is 0 Å². The molecule has 5 rings (SSSR count). The van der Waals surface area contributed by atoms with Crippen molar-refractivity contribution < 1.29 is 27.6 Å². The fourth-order valence-electron chi connectivity index (χ4n) is 4.01. The van der Waals surface area contributed by atoms with Crippen molar-refractivity contribution in [1.29, 1.82) is 0 Å². The monoisotopic (exact) mass is 465 g/mol. The summed E-state index contributed by atoms with van der Waals surface area (Å²) >= 11 is 0. The molecule has 9 heteroatoms. The van der Waals surface area contributed by atoms with Crippen molar-refractivity contribution in [3.8, 4) is 11.4 Å². The van der Waals surface area contributed by atoms with E-state index in [1.807, 2.05) is 0 Å². The van der Waals surface area contributed by atoms with Gasteiger partial charge in [-0.05, 0) is 43.3 Å². The van der Waals surface area contributed by atoms with Gasteiger partial charge >= 0.3 is 6.18 Å². The Bertz CT molecular complexity index is 1440. The van der Waals surface area contributed by atoms with E-state index in [0.717, 1.165) is 12.1 Å². The predicted molar refractivity (Wildman–Crippen MR) is 120 cm³/mol. The fraction of sp³-hybridized carbons (Fsp3) is 0.120. The van der Waals surface area contributed by atoms with Crippen molar-refractivity contribution in [2.45, 2.75) is 19.0 Å². The first-order valence-electron chi connectivity index (χ1n) is 10.4. The molecule has 0 saturated heterocycles. The Labute approximate surface area is 191 Å². The molecule has 6 nitrogen and oxygen atoms in total. The molecule has 3 aromatic carbocycles. The normalized spacial score (nSPS) is 15.4. The highest BCUT2D eigenvalue weighted by Crippen LogP contribution is 2.34. The minimum absolute atomic E-state index is 0.167. The number of carbonyl (C=O) groups excluding carboxylic acids is 2. The number of nitrogens with one attached hydrogen (secondary N) is 2. The quantitative estimate of drug-likeness (QED) is 0.424. The van der Waals surface area contributed by atoms with Crippen molar-refractivity contribution in [2.24, 2.45) is 0 Å². The van der Waals surface area contributed by atoms with Crippen LogP contribution in [0.3, 0.4) is 0 Å². The zero-order chi connectivity index (χ0) is 24.0. The SMILES string of the molecule is CC1C(=O)NOc2cc(NC(=O)c3cc4ccccc4n3-c3cccc(C(F)(F)F)c3)ccc21. The molecule has 1 aliphatic rings. The van der Waals surface area contributed by atoms with Gasteiger partial charge in [0.2, 0.25) is 0 Å². The Morgan fingerprint density at radius 1 is 1.03 bits per heavy atom. The maximum absolute atomic E-state index is 13.3. The highest BCUT2D eigenvalue weighted by molar-refractivity contribution is 6.07. The van der Waals surface area contributed by atoms with Crippen LogP contribution in [0.5, 0.6) is 5.75 Å². The summed E-state index contributed by atoms with van der Waals surface area (Å²) in [6.07, 6.45) is -4.52. The van der Waals surface area contributed by atoms with Crippen molar-refractivity contribution in [2.75, 3.05) is 5.32 Å². The summed E-state index contributed by atoms with van der Waals surface area (Å²) < 4.78 is 41.5. The standard InChI is InChI=1S/C25H18F3N3O3/c1-14-19-10-9-17(13-22(19)34-30-23(14)32)29-24(33)21-11-15-5-2-3-8-20(15)31(21)18-7-4-6-16(12-18)25(26,27)28/h2-14H,1H3,(H,29,33)(H,30,32). The second kappa shape index (κ2) is 7.95. The van der Waals surface area contributed by atoms with Crippen LogP contribution in [0, 0.1) is 0 Å². The topological polar surface area (TPSA) is 72.4 Å². The second-order valence-electron chi connectivity index (χ2n) is 7.97. The van der Waals surface area contributed by atoms with E-state index in [-0.39, 0.29) is 17.3 Å². The molecule has 0 radical (unpaired) electrons. The predicted octanol–water partition coefficient (Wildman–Crippen LogP) is 5.43. The first-order valence-corrected chi connectivity index (χ1v) is 10.4. The molecule has 0 aliphatic carbocycles. The molecule has 4 aromatic rings. The number of aromatic nitrogens is 1. The number of nitrogens with zero attached hydrogens (tertiary/aromatic N) is 1. The van der Waals surface area contributed by atoms with Gasteiger partial charge in [-0.15, -0.1) is 0 Å². The largest absolute Gasteiger partial charge is 0.416 e. The number of fused-ring (bicyclic) bond motifs is 2. The number of hydrogen-bond donors (Lipinski definition) is 2.